The molecule has 2 aromatic heterocycles. The minimum absolute atomic E-state index is 0.268. The summed E-state index contributed by atoms with van der Waals surface area (Å²) in [6, 6.07) is 3.77. The first-order valence-electron chi connectivity index (χ1n) is 6.24. The summed E-state index contributed by atoms with van der Waals surface area (Å²) in [4.78, 5) is 1.13. The van der Waals surface area contributed by atoms with Crippen LogP contribution in [0.15, 0.2) is 28.6 Å². The Hall–Kier alpha value is -1.22. The largest absolute Gasteiger partial charge is 0.379 e. The van der Waals surface area contributed by atoms with Crippen LogP contribution >= 0.6 is 11.3 Å². The van der Waals surface area contributed by atoms with Gasteiger partial charge in [-0.2, -0.15) is 9.40 Å². The van der Waals surface area contributed by atoms with Gasteiger partial charge in [-0.3, -0.25) is 4.68 Å². The van der Waals surface area contributed by atoms with E-state index in [1.165, 1.54) is 15.6 Å². The molecule has 6 nitrogen and oxygen atoms in total. The van der Waals surface area contributed by atoms with Crippen LogP contribution in [0.2, 0.25) is 0 Å². The van der Waals surface area contributed by atoms with Gasteiger partial charge in [0, 0.05) is 26.3 Å². The van der Waals surface area contributed by atoms with Crippen LogP contribution in [0, 0.1) is 0 Å². The highest BCUT2D eigenvalue weighted by atomic mass is 32.2. The van der Waals surface area contributed by atoms with Gasteiger partial charge in [-0.15, -0.1) is 11.3 Å². The monoisotopic (exact) mass is 313 g/mol. The molecular formula is C12H15N3O3S2. The van der Waals surface area contributed by atoms with Gasteiger partial charge in [-0.05, 0) is 11.4 Å². The Kier molecular flexibility index (Phi) is 3.63. The zero-order valence-corrected chi connectivity index (χ0v) is 12.7. The van der Waals surface area contributed by atoms with E-state index in [9.17, 15) is 8.42 Å². The summed E-state index contributed by atoms with van der Waals surface area (Å²) in [5.41, 5.74) is 0.522. The molecule has 3 heterocycles. The topological polar surface area (TPSA) is 64.4 Å². The molecule has 0 aliphatic carbocycles. The van der Waals surface area contributed by atoms with Crippen molar-refractivity contribution < 1.29 is 13.2 Å². The van der Waals surface area contributed by atoms with Crippen molar-refractivity contribution in [2.45, 2.75) is 4.90 Å². The Morgan fingerprint density at radius 1 is 1.35 bits per heavy atom. The third-order valence-corrected chi connectivity index (χ3v) is 5.91. The number of nitrogens with zero attached hydrogens (tertiary/aromatic N) is 3. The lowest BCUT2D eigenvalue weighted by molar-refractivity contribution is 0.0730. The molecule has 108 valence electrons. The summed E-state index contributed by atoms with van der Waals surface area (Å²) in [6.07, 6.45) is 1.57. The molecule has 1 fully saturated rings. The van der Waals surface area contributed by atoms with Crippen molar-refractivity contribution in [3.8, 4) is 10.6 Å². The molecule has 0 unspecified atom stereocenters. The van der Waals surface area contributed by atoms with Crippen LogP contribution in [0.3, 0.4) is 0 Å². The number of morpholine rings is 1. The first-order valence-corrected chi connectivity index (χ1v) is 8.56. The van der Waals surface area contributed by atoms with Crippen LogP contribution in [0.1, 0.15) is 0 Å². The highest BCUT2D eigenvalue weighted by Gasteiger charge is 2.31. The zero-order chi connectivity index (χ0) is 14.2. The number of aryl methyl sites for hydroxylation is 1. The van der Waals surface area contributed by atoms with Crippen molar-refractivity contribution in [2.24, 2.45) is 7.05 Å². The van der Waals surface area contributed by atoms with Crippen LogP contribution in [-0.2, 0) is 21.8 Å². The Morgan fingerprint density at radius 3 is 2.75 bits per heavy atom. The zero-order valence-electron chi connectivity index (χ0n) is 11.0. The van der Waals surface area contributed by atoms with E-state index in [1.54, 1.807) is 17.9 Å². The Labute approximate surface area is 121 Å². The lowest BCUT2D eigenvalue weighted by atomic mass is 10.3. The normalized spacial score (nSPS) is 17.4. The lowest BCUT2D eigenvalue weighted by Crippen LogP contribution is -2.40. The number of sulfonamides is 1. The number of thiophene rings is 1. The molecule has 0 N–H and O–H groups in total. The third kappa shape index (κ3) is 2.39. The van der Waals surface area contributed by atoms with Gasteiger partial charge in [-0.1, -0.05) is 6.07 Å². The molecule has 0 aromatic carbocycles. The van der Waals surface area contributed by atoms with Crippen LogP contribution in [0.5, 0.6) is 0 Å². The molecule has 1 saturated heterocycles. The molecular weight excluding hydrogens is 298 g/mol. The van der Waals surface area contributed by atoms with Crippen molar-refractivity contribution in [2.75, 3.05) is 26.3 Å². The van der Waals surface area contributed by atoms with Crippen molar-refractivity contribution in [1.29, 1.82) is 0 Å². The minimum Gasteiger partial charge on any atom is -0.379 e. The fourth-order valence-electron chi connectivity index (χ4n) is 2.17. The fraction of sp³-hybridized carbons (Fsp3) is 0.417. The molecule has 20 heavy (non-hydrogen) atoms. The first-order chi connectivity index (χ1) is 9.59. The first kappa shape index (κ1) is 13.7. The molecule has 0 atom stereocenters. The second-order valence-electron chi connectivity index (χ2n) is 4.51. The predicted molar refractivity (Wildman–Crippen MR) is 76.1 cm³/mol. The van der Waals surface area contributed by atoms with Gasteiger partial charge in [-0.25, -0.2) is 8.42 Å². The summed E-state index contributed by atoms with van der Waals surface area (Å²) >= 11 is 1.48. The van der Waals surface area contributed by atoms with Crippen molar-refractivity contribution in [3.63, 3.8) is 0 Å². The minimum atomic E-state index is -3.52. The molecule has 1 aliphatic heterocycles. The molecule has 0 amide bonds. The molecule has 1 aliphatic rings. The van der Waals surface area contributed by atoms with Crippen molar-refractivity contribution in [1.82, 2.24) is 14.1 Å². The van der Waals surface area contributed by atoms with Gasteiger partial charge in [0.2, 0.25) is 10.0 Å². The van der Waals surface area contributed by atoms with Gasteiger partial charge in [0.1, 0.15) is 10.6 Å². The fourth-order valence-corrected chi connectivity index (χ4v) is 4.54. The summed E-state index contributed by atoms with van der Waals surface area (Å²) in [5, 5.41) is 6.22. The van der Waals surface area contributed by atoms with Crippen molar-refractivity contribution in [3.05, 3.63) is 23.7 Å². The molecule has 2 aromatic rings. The van der Waals surface area contributed by atoms with Gasteiger partial charge in [0.05, 0.1) is 18.1 Å². The number of hydrogen-bond donors (Lipinski definition) is 0. The third-order valence-electron chi connectivity index (χ3n) is 3.14. The van der Waals surface area contributed by atoms with Gasteiger partial charge >= 0.3 is 0 Å². The van der Waals surface area contributed by atoms with Crippen molar-refractivity contribution >= 4 is 21.4 Å². The maximum absolute atomic E-state index is 12.7. The summed E-state index contributed by atoms with van der Waals surface area (Å²) in [5.74, 6) is 0. The number of hydrogen-bond acceptors (Lipinski definition) is 5. The van der Waals surface area contributed by atoms with Gasteiger partial charge in [0.25, 0.3) is 0 Å². The quantitative estimate of drug-likeness (QED) is 0.853. The van der Waals surface area contributed by atoms with Gasteiger partial charge < -0.3 is 4.74 Å². The maximum atomic E-state index is 12.7. The molecule has 0 radical (unpaired) electrons. The summed E-state index contributed by atoms with van der Waals surface area (Å²) in [7, 11) is -1.79. The lowest BCUT2D eigenvalue weighted by Gasteiger charge is -2.25. The van der Waals surface area contributed by atoms with Crippen LogP contribution in [-0.4, -0.2) is 48.8 Å². The SMILES string of the molecule is Cn1cc(S(=O)(=O)N2CCOCC2)c(-c2cccs2)n1. The highest BCUT2D eigenvalue weighted by molar-refractivity contribution is 7.89. The van der Waals surface area contributed by atoms with E-state index >= 15 is 0 Å². The van der Waals surface area contributed by atoms with Crippen LogP contribution in [0.25, 0.3) is 10.6 Å². The number of aromatic nitrogens is 2. The van der Waals surface area contributed by atoms with E-state index in [0.717, 1.165) is 4.88 Å². The van der Waals surface area contributed by atoms with Crippen LogP contribution in [0.4, 0.5) is 0 Å². The average molecular weight is 313 g/mol. The predicted octanol–water partition coefficient (Wildman–Crippen LogP) is 1.17. The summed E-state index contributed by atoms with van der Waals surface area (Å²) in [6.45, 7) is 1.66. The smallest absolute Gasteiger partial charge is 0.247 e. The Morgan fingerprint density at radius 2 is 2.10 bits per heavy atom. The maximum Gasteiger partial charge on any atom is 0.247 e. The van der Waals surface area contributed by atoms with E-state index in [4.69, 9.17) is 4.74 Å². The highest BCUT2D eigenvalue weighted by Crippen LogP contribution is 2.31. The van der Waals surface area contributed by atoms with Gasteiger partial charge in [0.15, 0.2) is 0 Å². The van der Waals surface area contributed by atoms with E-state index < -0.39 is 10.0 Å². The summed E-state index contributed by atoms with van der Waals surface area (Å²) < 4.78 is 33.7. The van der Waals surface area contributed by atoms with E-state index in [-0.39, 0.29) is 4.90 Å². The second kappa shape index (κ2) is 5.28. The second-order valence-corrected chi connectivity index (χ2v) is 7.36. The molecule has 8 heteroatoms. The van der Waals surface area contributed by atoms with E-state index in [1.807, 2.05) is 17.5 Å². The number of ether oxygens (including phenoxy) is 1. The van der Waals surface area contributed by atoms with E-state index in [0.29, 0.717) is 32.0 Å². The molecule has 3 rings (SSSR count). The average Bonchev–Trinajstić information content (AvgIpc) is 3.08. The molecule has 0 bridgehead atoms. The molecule has 0 saturated carbocycles. The molecule has 0 spiro atoms. The Bertz CT molecular complexity index is 686. The number of rotatable bonds is 3. The Balaban J connectivity index is 2.05. The van der Waals surface area contributed by atoms with Crippen LogP contribution < -0.4 is 0 Å². The van der Waals surface area contributed by atoms with E-state index in [2.05, 4.69) is 5.10 Å². The standard InChI is InChI=1S/C12H15N3O3S2/c1-14-9-11(12(13-14)10-3-2-8-19-10)20(16,17)15-4-6-18-7-5-15/h2-3,8-9H,4-7H2,1H3.